The highest BCUT2D eigenvalue weighted by molar-refractivity contribution is 5.91. The molecule has 0 unspecified atom stereocenters. The van der Waals surface area contributed by atoms with Crippen molar-refractivity contribution in [1.29, 1.82) is 0 Å². The van der Waals surface area contributed by atoms with E-state index in [0.29, 0.717) is 23.7 Å². The Hall–Kier alpha value is -3.48. The van der Waals surface area contributed by atoms with Gasteiger partial charge in [0.15, 0.2) is 5.82 Å². The number of nitrogens with zero attached hydrogens (tertiary/aromatic N) is 2. The molecule has 0 fully saturated rings. The number of rotatable bonds is 8. The van der Waals surface area contributed by atoms with Gasteiger partial charge >= 0.3 is 0 Å². The summed E-state index contributed by atoms with van der Waals surface area (Å²) in [5.74, 6) is 1.16. The van der Waals surface area contributed by atoms with Crippen LogP contribution in [0.2, 0.25) is 0 Å². The number of hydrogen-bond acceptors (Lipinski definition) is 5. The Bertz CT molecular complexity index is 914. The Kier molecular flexibility index (Phi) is 6.51. The number of hydrogen-bond donors (Lipinski definition) is 2. The number of methoxy groups -OCH3 is 1. The van der Waals surface area contributed by atoms with E-state index in [1.165, 1.54) is 17.7 Å². The van der Waals surface area contributed by atoms with Crippen molar-refractivity contribution in [1.82, 2.24) is 10.2 Å². The van der Waals surface area contributed by atoms with Gasteiger partial charge in [0.25, 0.3) is 0 Å². The van der Waals surface area contributed by atoms with Crippen molar-refractivity contribution in [2.24, 2.45) is 0 Å². The van der Waals surface area contributed by atoms with E-state index in [0.717, 1.165) is 12.2 Å². The third kappa shape index (κ3) is 5.77. The van der Waals surface area contributed by atoms with E-state index >= 15 is 0 Å². The van der Waals surface area contributed by atoms with Gasteiger partial charge in [0.05, 0.1) is 13.5 Å². The molecule has 0 aliphatic rings. The smallest absolute Gasteiger partial charge is 0.229 e. The van der Waals surface area contributed by atoms with Crippen LogP contribution >= 0.6 is 0 Å². The first kappa shape index (κ1) is 19.3. The van der Waals surface area contributed by atoms with Crippen LogP contribution in [0.4, 0.5) is 16.0 Å². The Labute approximate surface area is 162 Å². The molecule has 0 bridgehead atoms. The van der Waals surface area contributed by atoms with E-state index in [2.05, 4.69) is 20.8 Å². The molecule has 0 atom stereocenters. The molecule has 1 heterocycles. The number of aromatic nitrogens is 2. The van der Waals surface area contributed by atoms with E-state index in [-0.39, 0.29) is 18.1 Å². The molecule has 2 aromatic carbocycles. The molecule has 0 radical (unpaired) electrons. The largest absolute Gasteiger partial charge is 0.497 e. The molecule has 2 N–H and O–H groups in total. The van der Waals surface area contributed by atoms with Crippen molar-refractivity contribution in [3.63, 3.8) is 0 Å². The maximum absolute atomic E-state index is 13.2. The second kappa shape index (κ2) is 9.45. The fraction of sp³-hybridized carbons (Fsp3) is 0.190. The first-order valence-electron chi connectivity index (χ1n) is 8.87. The lowest BCUT2D eigenvalue weighted by Crippen LogP contribution is -2.16. The first-order valence-corrected chi connectivity index (χ1v) is 8.87. The summed E-state index contributed by atoms with van der Waals surface area (Å²) in [5, 5.41) is 13.9. The summed E-state index contributed by atoms with van der Waals surface area (Å²) in [5.41, 5.74) is 1.78. The van der Waals surface area contributed by atoms with Crippen LogP contribution in [-0.4, -0.2) is 29.8 Å². The standard InChI is InChI=1S/C21H21FN4O2/c1-28-18-7-5-15(6-8-18)11-12-23-19-9-10-20(26-25-19)24-21(27)14-16-3-2-4-17(22)13-16/h2-10,13H,11-12,14H2,1H3,(H,23,25)(H,24,26,27). The molecule has 0 saturated carbocycles. The summed E-state index contributed by atoms with van der Waals surface area (Å²) >= 11 is 0. The van der Waals surface area contributed by atoms with Gasteiger partial charge in [-0.1, -0.05) is 24.3 Å². The van der Waals surface area contributed by atoms with Crippen LogP contribution in [-0.2, 0) is 17.6 Å². The SMILES string of the molecule is COc1ccc(CCNc2ccc(NC(=O)Cc3cccc(F)c3)nn2)cc1. The summed E-state index contributed by atoms with van der Waals surface area (Å²) in [4.78, 5) is 12.0. The predicted octanol–water partition coefficient (Wildman–Crippen LogP) is 3.46. The summed E-state index contributed by atoms with van der Waals surface area (Å²) in [7, 11) is 1.64. The second-order valence-corrected chi connectivity index (χ2v) is 6.18. The average molecular weight is 380 g/mol. The van der Waals surface area contributed by atoms with Crippen molar-refractivity contribution in [2.45, 2.75) is 12.8 Å². The molecular formula is C21H21FN4O2. The maximum Gasteiger partial charge on any atom is 0.229 e. The lowest BCUT2D eigenvalue weighted by atomic mass is 10.1. The van der Waals surface area contributed by atoms with Gasteiger partial charge in [0.1, 0.15) is 17.4 Å². The normalized spacial score (nSPS) is 10.4. The van der Waals surface area contributed by atoms with Gasteiger partial charge in [-0.3, -0.25) is 4.79 Å². The number of amides is 1. The minimum absolute atomic E-state index is 0.0707. The third-order valence-corrected chi connectivity index (χ3v) is 4.06. The number of nitrogens with one attached hydrogen (secondary N) is 2. The zero-order valence-electron chi connectivity index (χ0n) is 15.5. The third-order valence-electron chi connectivity index (χ3n) is 4.06. The zero-order chi connectivity index (χ0) is 19.8. The lowest BCUT2D eigenvalue weighted by Gasteiger charge is -2.07. The van der Waals surface area contributed by atoms with Crippen LogP contribution in [0.25, 0.3) is 0 Å². The molecule has 28 heavy (non-hydrogen) atoms. The molecule has 6 nitrogen and oxygen atoms in total. The minimum atomic E-state index is -0.366. The van der Waals surface area contributed by atoms with Gasteiger partial charge in [0, 0.05) is 6.54 Å². The lowest BCUT2D eigenvalue weighted by molar-refractivity contribution is -0.115. The molecular weight excluding hydrogens is 359 g/mol. The van der Waals surface area contributed by atoms with Gasteiger partial charge in [0.2, 0.25) is 5.91 Å². The Morgan fingerprint density at radius 2 is 1.75 bits per heavy atom. The minimum Gasteiger partial charge on any atom is -0.497 e. The highest BCUT2D eigenvalue weighted by atomic mass is 19.1. The molecule has 0 aliphatic carbocycles. The van der Waals surface area contributed by atoms with Crippen LogP contribution in [0.3, 0.4) is 0 Å². The average Bonchev–Trinajstić information content (AvgIpc) is 2.70. The molecule has 144 valence electrons. The van der Waals surface area contributed by atoms with Gasteiger partial charge in [-0.2, -0.15) is 0 Å². The van der Waals surface area contributed by atoms with Gasteiger partial charge in [-0.15, -0.1) is 10.2 Å². The number of benzene rings is 2. The Morgan fingerprint density at radius 3 is 2.43 bits per heavy atom. The molecule has 0 aliphatic heterocycles. The van der Waals surface area contributed by atoms with Crippen LogP contribution in [0, 0.1) is 5.82 Å². The van der Waals surface area contributed by atoms with Gasteiger partial charge in [-0.25, -0.2) is 4.39 Å². The van der Waals surface area contributed by atoms with Crippen LogP contribution in [0.1, 0.15) is 11.1 Å². The number of halogens is 1. The van der Waals surface area contributed by atoms with E-state index in [9.17, 15) is 9.18 Å². The Morgan fingerprint density at radius 1 is 1.00 bits per heavy atom. The molecule has 3 aromatic rings. The number of carbonyl (C=O) groups is 1. The fourth-order valence-electron chi connectivity index (χ4n) is 2.64. The van der Waals surface area contributed by atoms with Crippen molar-refractivity contribution in [3.8, 4) is 5.75 Å². The monoisotopic (exact) mass is 380 g/mol. The van der Waals surface area contributed by atoms with E-state index < -0.39 is 0 Å². The van der Waals surface area contributed by atoms with E-state index in [4.69, 9.17) is 4.74 Å². The number of carbonyl (C=O) groups excluding carboxylic acids is 1. The second-order valence-electron chi connectivity index (χ2n) is 6.18. The number of anilines is 2. The van der Waals surface area contributed by atoms with Crippen molar-refractivity contribution < 1.29 is 13.9 Å². The highest BCUT2D eigenvalue weighted by Gasteiger charge is 2.06. The van der Waals surface area contributed by atoms with E-state index in [1.54, 1.807) is 31.4 Å². The van der Waals surface area contributed by atoms with Crippen molar-refractivity contribution in [2.75, 3.05) is 24.3 Å². The van der Waals surface area contributed by atoms with Crippen LogP contribution in [0.5, 0.6) is 5.75 Å². The zero-order valence-corrected chi connectivity index (χ0v) is 15.5. The molecule has 0 spiro atoms. The van der Waals surface area contributed by atoms with Crippen LogP contribution in [0.15, 0.2) is 60.7 Å². The molecule has 0 saturated heterocycles. The summed E-state index contributed by atoms with van der Waals surface area (Å²) < 4.78 is 18.3. The first-order chi connectivity index (χ1) is 13.6. The quantitative estimate of drug-likeness (QED) is 0.626. The van der Waals surface area contributed by atoms with Crippen LogP contribution < -0.4 is 15.4 Å². The van der Waals surface area contributed by atoms with Gasteiger partial charge in [-0.05, 0) is 53.9 Å². The molecule has 7 heteroatoms. The topological polar surface area (TPSA) is 76.1 Å². The van der Waals surface area contributed by atoms with Crippen molar-refractivity contribution in [3.05, 3.63) is 77.6 Å². The summed E-state index contributed by atoms with van der Waals surface area (Å²) in [6, 6.07) is 17.3. The fourth-order valence-corrected chi connectivity index (χ4v) is 2.64. The summed E-state index contributed by atoms with van der Waals surface area (Å²) in [6.07, 6.45) is 0.902. The highest BCUT2D eigenvalue weighted by Crippen LogP contribution is 2.12. The summed E-state index contributed by atoms with van der Waals surface area (Å²) in [6.45, 7) is 0.701. The molecule has 3 rings (SSSR count). The number of ether oxygens (including phenoxy) is 1. The Balaban J connectivity index is 1.45. The van der Waals surface area contributed by atoms with Crippen molar-refractivity contribution >= 4 is 17.5 Å². The van der Waals surface area contributed by atoms with Gasteiger partial charge < -0.3 is 15.4 Å². The molecule has 1 aromatic heterocycles. The molecule has 1 amide bonds. The van der Waals surface area contributed by atoms with E-state index in [1.807, 2.05) is 24.3 Å². The maximum atomic E-state index is 13.2. The predicted molar refractivity (Wildman–Crippen MR) is 106 cm³/mol.